The predicted octanol–water partition coefficient (Wildman–Crippen LogP) is 2.96. The molecule has 6 heteroatoms. The summed E-state index contributed by atoms with van der Waals surface area (Å²) >= 11 is 3.28. The fraction of sp³-hybridized carbons (Fsp3) is 0.385. The number of carbonyl (C=O) groups is 1. The minimum absolute atomic E-state index is 0.230. The lowest BCUT2D eigenvalue weighted by atomic mass is 10.2. The maximum absolute atomic E-state index is 11.1. The zero-order valence-electron chi connectivity index (χ0n) is 10.9. The van der Waals surface area contributed by atoms with Crippen molar-refractivity contribution in [1.82, 2.24) is 4.98 Å². The van der Waals surface area contributed by atoms with Crippen LogP contribution in [0.1, 0.15) is 17.5 Å². The average molecular weight is 296 g/mol. The Bertz CT molecular complexity index is 522. The molecule has 0 spiro atoms. The minimum atomic E-state index is -0.261. The highest BCUT2D eigenvalue weighted by molar-refractivity contribution is 7.13. The predicted molar refractivity (Wildman–Crippen MR) is 78.9 cm³/mol. The lowest BCUT2D eigenvalue weighted by molar-refractivity contribution is -0.139. The number of rotatable bonds is 6. The summed E-state index contributed by atoms with van der Waals surface area (Å²) in [5.74, 6) is -0.261. The van der Waals surface area contributed by atoms with E-state index in [4.69, 9.17) is 0 Å². The first-order chi connectivity index (χ1) is 9.17. The molecule has 2 heterocycles. The van der Waals surface area contributed by atoms with Crippen molar-refractivity contribution in [2.24, 2.45) is 0 Å². The Hall–Kier alpha value is -1.40. The van der Waals surface area contributed by atoms with Gasteiger partial charge in [0.05, 0.1) is 19.2 Å². The number of carbonyl (C=O) groups excluding carboxylic acids is 1. The first-order valence-electron chi connectivity index (χ1n) is 5.97. The molecule has 0 aromatic carbocycles. The number of hydrogen-bond acceptors (Lipinski definition) is 6. The van der Waals surface area contributed by atoms with Crippen LogP contribution in [0.4, 0.5) is 5.13 Å². The average Bonchev–Trinajstić information content (AvgIpc) is 3.01. The van der Waals surface area contributed by atoms with Crippen LogP contribution in [0.25, 0.3) is 0 Å². The number of aromatic nitrogens is 1. The van der Waals surface area contributed by atoms with Crippen molar-refractivity contribution in [3.8, 4) is 0 Å². The quantitative estimate of drug-likeness (QED) is 0.833. The Morgan fingerprint density at radius 1 is 1.53 bits per heavy atom. The highest BCUT2D eigenvalue weighted by atomic mass is 32.1. The lowest BCUT2D eigenvalue weighted by Gasteiger charge is -2.11. The van der Waals surface area contributed by atoms with Crippen molar-refractivity contribution in [3.05, 3.63) is 33.5 Å². The van der Waals surface area contributed by atoms with Crippen LogP contribution in [0.15, 0.2) is 22.9 Å². The molecule has 0 aliphatic rings. The molecule has 0 saturated heterocycles. The summed E-state index contributed by atoms with van der Waals surface area (Å²) in [5.41, 5.74) is 0.752. The number of thiophene rings is 1. The van der Waals surface area contributed by atoms with Crippen LogP contribution in [0.3, 0.4) is 0 Å². The van der Waals surface area contributed by atoms with Gasteiger partial charge in [0.15, 0.2) is 5.13 Å². The van der Waals surface area contributed by atoms with Gasteiger partial charge in [0.1, 0.15) is 0 Å². The summed E-state index contributed by atoms with van der Waals surface area (Å²) in [7, 11) is 1.39. The summed E-state index contributed by atoms with van der Waals surface area (Å²) in [6.07, 6.45) is 1.21. The number of hydrogen-bond donors (Lipinski definition) is 1. The fourth-order valence-corrected chi connectivity index (χ4v) is 3.33. The third kappa shape index (κ3) is 4.33. The molecular weight excluding hydrogens is 280 g/mol. The van der Waals surface area contributed by atoms with E-state index >= 15 is 0 Å². The standard InChI is InChI=1S/C13H16N2O2S2/c1-9(6-11-4-3-5-18-11)14-13-15-10(8-19-13)7-12(16)17-2/h3-5,8-9H,6-7H2,1-2H3,(H,14,15). The fourth-order valence-electron chi connectivity index (χ4n) is 1.67. The monoisotopic (exact) mass is 296 g/mol. The summed E-state index contributed by atoms with van der Waals surface area (Å²) in [5, 5.41) is 8.17. The molecule has 4 nitrogen and oxygen atoms in total. The first kappa shape index (κ1) is 14.0. The first-order valence-corrected chi connectivity index (χ1v) is 7.73. The van der Waals surface area contributed by atoms with Crippen molar-refractivity contribution in [1.29, 1.82) is 0 Å². The van der Waals surface area contributed by atoms with E-state index in [0.717, 1.165) is 17.2 Å². The molecule has 19 heavy (non-hydrogen) atoms. The molecule has 0 amide bonds. The van der Waals surface area contributed by atoms with Gasteiger partial charge in [0, 0.05) is 22.7 Å². The van der Waals surface area contributed by atoms with E-state index in [1.54, 1.807) is 11.3 Å². The molecule has 1 atom stereocenters. The Kier molecular flexibility index (Phi) is 4.93. The smallest absolute Gasteiger partial charge is 0.311 e. The van der Waals surface area contributed by atoms with E-state index < -0.39 is 0 Å². The van der Waals surface area contributed by atoms with Crippen molar-refractivity contribution in [2.45, 2.75) is 25.8 Å². The number of methoxy groups -OCH3 is 1. The lowest BCUT2D eigenvalue weighted by Crippen LogP contribution is -2.17. The van der Waals surface area contributed by atoms with Gasteiger partial charge >= 0.3 is 5.97 Å². The van der Waals surface area contributed by atoms with Gasteiger partial charge in [-0.05, 0) is 18.4 Å². The van der Waals surface area contributed by atoms with Gasteiger partial charge < -0.3 is 10.1 Å². The highest BCUT2D eigenvalue weighted by Crippen LogP contribution is 2.19. The summed E-state index contributed by atoms with van der Waals surface area (Å²) in [6, 6.07) is 4.51. The zero-order chi connectivity index (χ0) is 13.7. The van der Waals surface area contributed by atoms with Crippen LogP contribution in [-0.2, 0) is 22.4 Å². The topological polar surface area (TPSA) is 51.2 Å². The van der Waals surface area contributed by atoms with Gasteiger partial charge in [-0.2, -0.15) is 0 Å². The SMILES string of the molecule is COC(=O)Cc1csc(NC(C)Cc2cccs2)n1. The van der Waals surface area contributed by atoms with Crippen LogP contribution >= 0.6 is 22.7 Å². The maximum atomic E-state index is 11.1. The second kappa shape index (κ2) is 6.68. The van der Waals surface area contributed by atoms with E-state index in [1.165, 1.54) is 23.3 Å². The van der Waals surface area contributed by atoms with Gasteiger partial charge in [-0.25, -0.2) is 4.98 Å². The van der Waals surface area contributed by atoms with Gasteiger partial charge in [0.2, 0.25) is 0 Å². The second-order valence-electron chi connectivity index (χ2n) is 4.23. The Morgan fingerprint density at radius 3 is 3.05 bits per heavy atom. The van der Waals surface area contributed by atoms with Gasteiger partial charge in [-0.3, -0.25) is 4.79 Å². The Balaban J connectivity index is 1.87. The van der Waals surface area contributed by atoms with Crippen LogP contribution < -0.4 is 5.32 Å². The molecule has 0 fully saturated rings. The Labute approximate surface area is 120 Å². The van der Waals surface area contributed by atoms with Crippen molar-refractivity contribution in [3.63, 3.8) is 0 Å². The normalized spacial score (nSPS) is 12.1. The molecule has 2 aromatic heterocycles. The third-order valence-corrected chi connectivity index (χ3v) is 4.28. The maximum Gasteiger partial charge on any atom is 0.311 e. The molecule has 0 aliphatic heterocycles. The summed E-state index contributed by atoms with van der Waals surface area (Å²) in [4.78, 5) is 16.9. The molecule has 0 saturated carbocycles. The third-order valence-electron chi connectivity index (χ3n) is 2.56. The van der Waals surface area contributed by atoms with Crippen molar-refractivity contribution < 1.29 is 9.53 Å². The number of thiazole rings is 1. The van der Waals surface area contributed by atoms with Crippen LogP contribution in [0.2, 0.25) is 0 Å². The number of ether oxygens (including phenoxy) is 1. The molecule has 0 aliphatic carbocycles. The van der Waals surface area contributed by atoms with Gasteiger partial charge in [-0.1, -0.05) is 6.07 Å². The number of nitrogens with zero attached hydrogens (tertiary/aromatic N) is 1. The zero-order valence-corrected chi connectivity index (χ0v) is 12.5. The van der Waals surface area contributed by atoms with Gasteiger partial charge in [0.25, 0.3) is 0 Å². The molecule has 2 rings (SSSR count). The summed E-state index contributed by atoms with van der Waals surface area (Å²) in [6.45, 7) is 2.13. The molecule has 1 N–H and O–H groups in total. The van der Waals surface area contributed by atoms with Crippen molar-refractivity contribution >= 4 is 33.8 Å². The molecule has 0 bridgehead atoms. The number of anilines is 1. The van der Waals surface area contributed by atoms with Crippen LogP contribution in [-0.4, -0.2) is 24.1 Å². The molecule has 1 unspecified atom stereocenters. The van der Waals surface area contributed by atoms with E-state index in [1.807, 2.05) is 5.38 Å². The van der Waals surface area contributed by atoms with Gasteiger partial charge in [-0.15, -0.1) is 22.7 Å². The minimum Gasteiger partial charge on any atom is -0.469 e. The number of esters is 1. The van der Waals surface area contributed by atoms with E-state index in [-0.39, 0.29) is 12.4 Å². The second-order valence-corrected chi connectivity index (χ2v) is 6.12. The van der Waals surface area contributed by atoms with E-state index in [0.29, 0.717) is 6.04 Å². The molecule has 102 valence electrons. The number of nitrogens with one attached hydrogen (secondary N) is 1. The largest absolute Gasteiger partial charge is 0.469 e. The highest BCUT2D eigenvalue weighted by Gasteiger charge is 2.10. The van der Waals surface area contributed by atoms with E-state index in [9.17, 15) is 4.79 Å². The summed E-state index contributed by atoms with van der Waals surface area (Å²) < 4.78 is 4.62. The van der Waals surface area contributed by atoms with E-state index in [2.05, 4.69) is 39.5 Å². The molecule has 0 radical (unpaired) electrons. The van der Waals surface area contributed by atoms with Crippen LogP contribution in [0.5, 0.6) is 0 Å². The molecule has 2 aromatic rings. The Morgan fingerprint density at radius 2 is 2.37 bits per heavy atom. The molecular formula is C13H16N2O2S2. The van der Waals surface area contributed by atoms with Crippen LogP contribution in [0, 0.1) is 0 Å². The van der Waals surface area contributed by atoms with Crippen molar-refractivity contribution in [2.75, 3.05) is 12.4 Å².